The van der Waals surface area contributed by atoms with Crippen LogP contribution < -0.4 is 11.0 Å². The number of carbonyl (C=O) groups excluding carboxylic acids is 1. The number of aromatic nitrogens is 2. The molecule has 1 aromatic heterocycles. The van der Waals surface area contributed by atoms with Gasteiger partial charge in [-0.25, -0.2) is 9.99 Å². The third kappa shape index (κ3) is 3.50. The third-order valence-corrected chi connectivity index (χ3v) is 5.89. The Balaban J connectivity index is 1.70. The van der Waals surface area contributed by atoms with E-state index in [-0.39, 0.29) is 17.4 Å². The SMILES string of the molecule is CCc1c(C)nc2n(c1=O)CC(C(=O)NN1CCN(C)CC1)CS2. The first-order valence-corrected chi connectivity index (χ1v) is 9.45. The van der Waals surface area contributed by atoms with Crippen LogP contribution in [0.2, 0.25) is 0 Å². The molecule has 1 aromatic rings. The fourth-order valence-electron chi connectivity index (χ4n) is 3.13. The Labute approximate surface area is 146 Å². The van der Waals surface area contributed by atoms with Crippen molar-refractivity contribution < 1.29 is 4.79 Å². The monoisotopic (exact) mass is 351 g/mol. The average Bonchev–Trinajstić information content (AvgIpc) is 2.57. The lowest BCUT2D eigenvalue weighted by atomic mass is 10.1. The number of fused-ring (bicyclic) bond motifs is 1. The van der Waals surface area contributed by atoms with Crippen LogP contribution in [-0.4, -0.2) is 64.3 Å². The molecular formula is C16H25N5O2S. The molecule has 0 aromatic carbocycles. The highest BCUT2D eigenvalue weighted by Crippen LogP contribution is 2.26. The molecule has 1 saturated heterocycles. The second-order valence-corrected chi connectivity index (χ2v) is 7.49. The van der Waals surface area contributed by atoms with E-state index in [0.29, 0.717) is 18.7 Å². The minimum Gasteiger partial charge on any atom is -0.304 e. The Morgan fingerprint density at radius 3 is 2.71 bits per heavy atom. The zero-order valence-electron chi connectivity index (χ0n) is 14.5. The second-order valence-electron chi connectivity index (χ2n) is 6.50. The quantitative estimate of drug-likeness (QED) is 0.780. The maximum absolute atomic E-state index is 12.6. The first-order valence-electron chi connectivity index (χ1n) is 8.46. The maximum atomic E-state index is 12.6. The Morgan fingerprint density at radius 1 is 1.33 bits per heavy atom. The Kier molecular flexibility index (Phi) is 5.27. The number of thioether (sulfide) groups is 1. The molecule has 8 heteroatoms. The van der Waals surface area contributed by atoms with E-state index in [0.717, 1.165) is 42.6 Å². The van der Waals surface area contributed by atoms with Crippen LogP contribution in [0.25, 0.3) is 0 Å². The number of nitrogens with one attached hydrogen (secondary N) is 1. The van der Waals surface area contributed by atoms with Crippen molar-refractivity contribution in [2.75, 3.05) is 39.0 Å². The molecule has 7 nitrogen and oxygen atoms in total. The van der Waals surface area contributed by atoms with Gasteiger partial charge in [0.05, 0.1) is 5.92 Å². The Bertz CT molecular complexity index is 682. The lowest BCUT2D eigenvalue weighted by molar-refractivity contribution is -0.130. The van der Waals surface area contributed by atoms with Gasteiger partial charge < -0.3 is 4.90 Å². The number of nitrogens with zero attached hydrogens (tertiary/aromatic N) is 4. The number of hydrogen-bond donors (Lipinski definition) is 1. The fourth-order valence-corrected chi connectivity index (χ4v) is 4.25. The summed E-state index contributed by atoms with van der Waals surface area (Å²) in [5, 5.41) is 2.72. The molecule has 3 heterocycles. The molecule has 1 atom stereocenters. The van der Waals surface area contributed by atoms with Crippen LogP contribution >= 0.6 is 11.8 Å². The van der Waals surface area contributed by atoms with Crippen molar-refractivity contribution in [2.24, 2.45) is 5.92 Å². The number of rotatable bonds is 3. The van der Waals surface area contributed by atoms with Crippen molar-refractivity contribution in [3.05, 3.63) is 21.6 Å². The summed E-state index contributed by atoms with van der Waals surface area (Å²) in [4.78, 5) is 32.0. The predicted octanol–water partition coefficient (Wildman–Crippen LogP) is 0.115. The van der Waals surface area contributed by atoms with E-state index < -0.39 is 0 Å². The summed E-state index contributed by atoms with van der Waals surface area (Å²) < 4.78 is 1.67. The summed E-state index contributed by atoms with van der Waals surface area (Å²) in [6.45, 7) is 7.83. The topological polar surface area (TPSA) is 70.5 Å². The fraction of sp³-hybridized carbons (Fsp3) is 0.688. The normalized spacial score (nSPS) is 22.2. The summed E-state index contributed by atoms with van der Waals surface area (Å²) in [6, 6.07) is 0. The lowest BCUT2D eigenvalue weighted by Gasteiger charge is -2.34. The maximum Gasteiger partial charge on any atom is 0.257 e. The molecule has 1 amide bonds. The molecule has 2 aliphatic heterocycles. The molecule has 3 rings (SSSR count). The molecule has 1 fully saturated rings. The first-order chi connectivity index (χ1) is 11.5. The van der Waals surface area contributed by atoms with Crippen LogP contribution in [-0.2, 0) is 17.8 Å². The zero-order valence-corrected chi connectivity index (χ0v) is 15.4. The summed E-state index contributed by atoms with van der Waals surface area (Å²) >= 11 is 1.50. The van der Waals surface area contributed by atoms with Gasteiger partial charge in [-0.2, -0.15) is 0 Å². The minimum atomic E-state index is -0.200. The summed E-state index contributed by atoms with van der Waals surface area (Å²) in [5.74, 6) is 0.467. The molecule has 0 bridgehead atoms. The molecule has 1 N–H and O–H groups in total. The smallest absolute Gasteiger partial charge is 0.257 e. The highest BCUT2D eigenvalue weighted by molar-refractivity contribution is 7.99. The molecule has 2 aliphatic rings. The van der Waals surface area contributed by atoms with Crippen molar-refractivity contribution in [3.8, 4) is 0 Å². The van der Waals surface area contributed by atoms with Gasteiger partial charge in [-0.05, 0) is 20.4 Å². The van der Waals surface area contributed by atoms with Gasteiger partial charge in [0.1, 0.15) is 0 Å². The lowest BCUT2D eigenvalue weighted by Crippen LogP contribution is -2.54. The van der Waals surface area contributed by atoms with E-state index in [9.17, 15) is 9.59 Å². The third-order valence-electron chi connectivity index (χ3n) is 4.75. The first kappa shape index (κ1) is 17.4. The number of aryl methyl sites for hydroxylation is 1. The van der Waals surface area contributed by atoms with Gasteiger partial charge in [0.15, 0.2) is 5.16 Å². The molecular weight excluding hydrogens is 326 g/mol. The molecule has 0 spiro atoms. The molecule has 0 radical (unpaired) electrons. The van der Waals surface area contributed by atoms with Crippen LogP contribution in [0.3, 0.4) is 0 Å². The second kappa shape index (κ2) is 7.25. The van der Waals surface area contributed by atoms with E-state index in [2.05, 4.69) is 22.4 Å². The van der Waals surface area contributed by atoms with Crippen LogP contribution in [0.4, 0.5) is 0 Å². The number of piperazine rings is 1. The van der Waals surface area contributed by atoms with Crippen molar-refractivity contribution in [2.45, 2.75) is 32.0 Å². The van der Waals surface area contributed by atoms with Gasteiger partial charge in [0.2, 0.25) is 5.91 Å². The van der Waals surface area contributed by atoms with E-state index >= 15 is 0 Å². The van der Waals surface area contributed by atoms with Crippen molar-refractivity contribution >= 4 is 17.7 Å². The van der Waals surface area contributed by atoms with Crippen LogP contribution in [0.5, 0.6) is 0 Å². The molecule has 0 saturated carbocycles. The Morgan fingerprint density at radius 2 is 2.04 bits per heavy atom. The van der Waals surface area contributed by atoms with Gasteiger partial charge in [-0.3, -0.25) is 19.6 Å². The van der Waals surface area contributed by atoms with Crippen LogP contribution in [0, 0.1) is 12.8 Å². The van der Waals surface area contributed by atoms with Crippen LogP contribution in [0.15, 0.2) is 9.95 Å². The molecule has 24 heavy (non-hydrogen) atoms. The summed E-state index contributed by atoms with van der Waals surface area (Å²) in [7, 11) is 2.08. The van der Waals surface area contributed by atoms with Gasteiger partial charge in [-0.1, -0.05) is 18.7 Å². The zero-order chi connectivity index (χ0) is 17.3. The highest BCUT2D eigenvalue weighted by atomic mass is 32.2. The molecule has 132 valence electrons. The Hall–Kier alpha value is -1.38. The van der Waals surface area contributed by atoms with Crippen molar-refractivity contribution in [3.63, 3.8) is 0 Å². The summed E-state index contributed by atoms with van der Waals surface area (Å²) in [6.07, 6.45) is 0.667. The van der Waals surface area contributed by atoms with Gasteiger partial charge in [-0.15, -0.1) is 0 Å². The standard InChI is InChI=1S/C16H25N5O2S/c1-4-13-11(2)17-16-21(15(13)23)9-12(10-24-16)14(22)18-20-7-5-19(3)6-8-20/h12H,4-10H2,1-3H3,(H,18,22). The van der Waals surface area contributed by atoms with E-state index in [4.69, 9.17) is 0 Å². The van der Waals surface area contributed by atoms with E-state index in [1.165, 1.54) is 11.8 Å². The van der Waals surface area contributed by atoms with Crippen molar-refractivity contribution in [1.29, 1.82) is 0 Å². The van der Waals surface area contributed by atoms with Gasteiger partial charge in [0.25, 0.3) is 5.56 Å². The number of hydrogen-bond acceptors (Lipinski definition) is 6. The van der Waals surface area contributed by atoms with E-state index in [1.54, 1.807) is 4.57 Å². The van der Waals surface area contributed by atoms with Crippen molar-refractivity contribution in [1.82, 2.24) is 24.9 Å². The number of hydrazine groups is 1. The number of likely N-dealkylation sites (N-methyl/N-ethyl adjacent to an activating group) is 1. The number of amides is 1. The average molecular weight is 351 g/mol. The summed E-state index contributed by atoms with van der Waals surface area (Å²) in [5.41, 5.74) is 4.58. The van der Waals surface area contributed by atoms with Crippen LogP contribution in [0.1, 0.15) is 18.2 Å². The minimum absolute atomic E-state index is 0.00299. The predicted molar refractivity (Wildman–Crippen MR) is 94.0 cm³/mol. The highest BCUT2D eigenvalue weighted by Gasteiger charge is 2.29. The number of carbonyl (C=O) groups is 1. The largest absolute Gasteiger partial charge is 0.304 e. The molecule has 0 aliphatic carbocycles. The van der Waals surface area contributed by atoms with E-state index in [1.807, 2.05) is 18.9 Å². The van der Waals surface area contributed by atoms with Gasteiger partial charge in [0, 0.05) is 49.7 Å². The molecule has 1 unspecified atom stereocenters. The van der Waals surface area contributed by atoms with Gasteiger partial charge >= 0.3 is 0 Å².